The lowest BCUT2D eigenvalue weighted by Gasteiger charge is -2.18. The van der Waals surface area contributed by atoms with E-state index in [1.165, 1.54) is 30.6 Å². The van der Waals surface area contributed by atoms with Crippen molar-refractivity contribution in [3.05, 3.63) is 47.1 Å². The van der Waals surface area contributed by atoms with E-state index in [9.17, 15) is 17.6 Å². The third-order valence-corrected chi connectivity index (χ3v) is 5.82. The van der Waals surface area contributed by atoms with Crippen LogP contribution in [0.4, 0.5) is 10.1 Å². The van der Waals surface area contributed by atoms with Crippen molar-refractivity contribution in [1.29, 1.82) is 0 Å². The van der Waals surface area contributed by atoms with Crippen LogP contribution in [0.1, 0.15) is 10.4 Å². The number of aromatic carboxylic acids is 1. The van der Waals surface area contributed by atoms with Crippen LogP contribution in [0.25, 0.3) is 0 Å². The lowest BCUT2D eigenvalue weighted by Crippen LogP contribution is -2.26. The van der Waals surface area contributed by atoms with Gasteiger partial charge in [-0.05, 0) is 18.2 Å². The molecule has 0 amide bonds. The van der Waals surface area contributed by atoms with Gasteiger partial charge in [0.25, 0.3) is 10.0 Å². The third kappa shape index (κ3) is 2.52. The number of halogens is 1. The zero-order valence-electron chi connectivity index (χ0n) is 10.3. The minimum atomic E-state index is -3.98. The fourth-order valence-electron chi connectivity index (χ4n) is 1.54. The highest BCUT2D eigenvalue weighted by atomic mass is 32.2. The van der Waals surface area contributed by atoms with Gasteiger partial charge in [-0.25, -0.2) is 17.6 Å². The molecule has 0 fully saturated rings. The molecule has 1 heterocycles. The number of nitrogens with zero attached hydrogens (tertiary/aromatic N) is 1. The van der Waals surface area contributed by atoms with Gasteiger partial charge in [-0.1, -0.05) is 12.1 Å². The first-order chi connectivity index (χ1) is 9.34. The molecule has 0 aliphatic carbocycles. The summed E-state index contributed by atoms with van der Waals surface area (Å²) in [6.07, 6.45) is 0. The van der Waals surface area contributed by atoms with Crippen LogP contribution in [-0.2, 0) is 10.0 Å². The van der Waals surface area contributed by atoms with Crippen molar-refractivity contribution in [2.24, 2.45) is 0 Å². The Morgan fingerprint density at radius 1 is 1.35 bits per heavy atom. The second-order valence-electron chi connectivity index (χ2n) is 3.88. The lowest BCUT2D eigenvalue weighted by atomic mass is 10.3. The van der Waals surface area contributed by atoms with E-state index in [-0.39, 0.29) is 15.5 Å². The standard InChI is InChI=1S/C12H10FNO4S2/c1-14(10-5-3-2-4-9(10)13)20(17,18)11-6-8(7-19-11)12(15)16/h2-7H,1H3,(H,15,16). The molecule has 106 valence electrons. The van der Waals surface area contributed by atoms with Crippen molar-refractivity contribution in [2.75, 3.05) is 11.4 Å². The molecule has 2 rings (SSSR count). The summed E-state index contributed by atoms with van der Waals surface area (Å²) < 4.78 is 38.9. The molecule has 8 heteroatoms. The topological polar surface area (TPSA) is 74.7 Å². The molecule has 0 spiro atoms. The average molecular weight is 315 g/mol. The van der Waals surface area contributed by atoms with Gasteiger partial charge in [0.1, 0.15) is 10.0 Å². The molecule has 2 aromatic rings. The molecular formula is C12H10FNO4S2. The Balaban J connectivity index is 2.44. The number of rotatable bonds is 4. The van der Waals surface area contributed by atoms with Gasteiger partial charge in [-0.3, -0.25) is 4.31 Å². The molecule has 0 atom stereocenters. The molecule has 0 radical (unpaired) electrons. The van der Waals surface area contributed by atoms with Crippen molar-refractivity contribution in [2.45, 2.75) is 4.21 Å². The molecule has 0 saturated heterocycles. The molecule has 0 bridgehead atoms. The van der Waals surface area contributed by atoms with Gasteiger partial charge in [0.05, 0.1) is 11.3 Å². The van der Waals surface area contributed by atoms with E-state index >= 15 is 0 Å². The number of carbonyl (C=O) groups is 1. The number of hydrogen-bond acceptors (Lipinski definition) is 4. The number of carboxylic acid groups (broad SMARTS) is 1. The normalized spacial score (nSPS) is 11.3. The van der Waals surface area contributed by atoms with Crippen LogP contribution in [0, 0.1) is 5.82 Å². The highest BCUT2D eigenvalue weighted by Gasteiger charge is 2.26. The summed E-state index contributed by atoms with van der Waals surface area (Å²) in [7, 11) is -2.76. The maximum absolute atomic E-state index is 13.6. The minimum absolute atomic E-state index is 0.0993. The summed E-state index contributed by atoms with van der Waals surface area (Å²) in [4.78, 5) is 10.8. The van der Waals surface area contributed by atoms with Crippen molar-refractivity contribution in [3.8, 4) is 0 Å². The molecule has 0 aliphatic rings. The number of para-hydroxylation sites is 1. The van der Waals surface area contributed by atoms with Crippen molar-refractivity contribution < 1.29 is 22.7 Å². The number of carboxylic acids is 1. The van der Waals surface area contributed by atoms with Crippen molar-refractivity contribution >= 4 is 33.0 Å². The van der Waals surface area contributed by atoms with E-state index in [2.05, 4.69) is 0 Å². The van der Waals surface area contributed by atoms with Gasteiger partial charge in [0.15, 0.2) is 0 Å². The second kappa shape index (κ2) is 5.22. The fraction of sp³-hybridized carbons (Fsp3) is 0.0833. The van der Waals surface area contributed by atoms with E-state index in [1.54, 1.807) is 0 Å². The summed E-state index contributed by atoms with van der Waals surface area (Å²) >= 11 is 0.781. The first kappa shape index (κ1) is 14.5. The largest absolute Gasteiger partial charge is 0.478 e. The van der Waals surface area contributed by atoms with E-state index in [4.69, 9.17) is 5.11 Å². The lowest BCUT2D eigenvalue weighted by molar-refractivity contribution is 0.0697. The zero-order chi connectivity index (χ0) is 14.9. The summed E-state index contributed by atoms with van der Waals surface area (Å²) in [5.41, 5.74) is -0.215. The van der Waals surface area contributed by atoms with Crippen LogP contribution < -0.4 is 4.31 Å². The molecule has 0 unspecified atom stereocenters. The van der Waals surface area contributed by atoms with E-state index < -0.39 is 21.8 Å². The highest BCUT2D eigenvalue weighted by Crippen LogP contribution is 2.28. The summed E-state index contributed by atoms with van der Waals surface area (Å²) in [6.45, 7) is 0. The van der Waals surface area contributed by atoms with E-state index in [0.29, 0.717) is 0 Å². The molecule has 1 N–H and O–H groups in total. The molecule has 20 heavy (non-hydrogen) atoms. The van der Waals surface area contributed by atoms with Crippen LogP contribution >= 0.6 is 11.3 Å². The van der Waals surface area contributed by atoms with Gasteiger partial charge >= 0.3 is 5.97 Å². The molecule has 0 saturated carbocycles. The van der Waals surface area contributed by atoms with E-state index in [0.717, 1.165) is 27.8 Å². The quantitative estimate of drug-likeness (QED) is 0.940. The highest BCUT2D eigenvalue weighted by molar-refractivity contribution is 7.94. The van der Waals surface area contributed by atoms with E-state index in [1.807, 2.05) is 0 Å². The average Bonchev–Trinajstić information content (AvgIpc) is 2.89. The number of hydrogen-bond donors (Lipinski definition) is 1. The van der Waals surface area contributed by atoms with Gasteiger partial charge in [-0.2, -0.15) is 0 Å². The minimum Gasteiger partial charge on any atom is -0.478 e. The number of anilines is 1. The maximum Gasteiger partial charge on any atom is 0.336 e. The van der Waals surface area contributed by atoms with Crippen LogP contribution in [-0.4, -0.2) is 26.5 Å². The Morgan fingerprint density at radius 2 is 2.00 bits per heavy atom. The van der Waals surface area contributed by atoms with Crippen molar-refractivity contribution in [1.82, 2.24) is 0 Å². The maximum atomic E-state index is 13.6. The molecule has 1 aromatic carbocycles. The molecule has 1 aromatic heterocycles. The Morgan fingerprint density at radius 3 is 2.55 bits per heavy atom. The van der Waals surface area contributed by atoms with Crippen LogP contribution in [0.3, 0.4) is 0 Å². The van der Waals surface area contributed by atoms with Crippen molar-refractivity contribution in [3.63, 3.8) is 0 Å². The van der Waals surface area contributed by atoms with Gasteiger partial charge in [0.2, 0.25) is 0 Å². The molecule has 0 aliphatic heterocycles. The van der Waals surface area contributed by atoms with Crippen LogP contribution in [0.5, 0.6) is 0 Å². The Labute approximate surface area is 119 Å². The number of benzene rings is 1. The molecular weight excluding hydrogens is 305 g/mol. The monoisotopic (exact) mass is 315 g/mol. The van der Waals surface area contributed by atoms with Crippen LogP contribution in [0.15, 0.2) is 39.9 Å². The summed E-state index contributed by atoms with van der Waals surface area (Å²) in [5, 5.41) is 10.0. The fourth-order valence-corrected chi connectivity index (χ4v) is 4.06. The van der Waals surface area contributed by atoms with Gasteiger partial charge in [-0.15, -0.1) is 11.3 Å². The Kier molecular flexibility index (Phi) is 3.78. The predicted molar refractivity (Wildman–Crippen MR) is 73.3 cm³/mol. The Bertz CT molecular complexity index is 754. The number of thiophene rings is 1. The van der Waals surface area contributed by atoms with Gasteiger partial charge in [0, 0.05) is 12.4 Å². The zero-order valence-corrected chi connectivity index (χ0v) is 11.9. The third-order valence-electron chi connectivity index (χ3n) is 2.63. The van der Waals surface area contributed by atoms with Crippen LogP contribution in [0.2, 0.25) is 0 Å². The predicted octanol–water partition coefficient (Wildman–Crippen LogP) is 2.41. The Hall–Kier alpha value is -1.93. The first-order valence-electron chi connectivity index (χ1n) is 5.39. The summed E-state index contributed by atoms with van der Waals surface area (Å²) in [6, 6.07) is 6.51. The van der Waals surface area contributed by atoms with Gasteiger partial charge < -0.3 is 5.11 Å². The first-order valence-corrected chi connectivity index (χ1v) is 7.71. The second-order valence-corrected chi connectivity index (χ2v) is 6.99. The SMILES string of the molecule is CN(c1ccccc1F)S(=O)(=O)c1cc(C(=O)O)cs1. The smallest absolute Gasteiger partial charge is 0.336 e. The number of sulfonamides is 1. The summed E-state index contributed by atoms with van der Waals surface area (Å²) in [5.74, 6) is -1.88. The molecule has 5 nitrogen and oxygen atoms in total.